The number of aromatic nitrogens is 2. The van der Waals surface area contributed by atoms with Crippen LogP contribution < -0.4 is 5.32 Å². The normalized spacial score (nSPS) is 10.5. The van der Waals surface area contributed by atoms with E-state index >= 15 is 0 Å². The Morgan fingerprint density at radius 2 is 2.04 bits per heavy atom. The lowest BCUT2D eigenvalue weighted by atomic mass is 10.1. The van der Waals surface area contributed by atoms with Crippen molar-refractivity contribution in [3.05, 3.63) is 47.7 Å². The van der Waals surface area contributed by atoms with Crippen LogP contribution in [0, 0.1) is 6.92 Å². The van der Waals surface area contributed by atoms with Crippen molar-refractivity contribution in [1.82, 2.24) is 15.1 Å². The number of amides is 1. The highest BCUT2D eigenvalue weighted by atomic mass is 16.3. The van der Waals surface area contributed by atoms with Gasteiger partial charge in [0.05, 0.1) is 12.3 Å². The van der Waals surface area contributed by atoms with E-state index in [0.717, 1.165) is 24.2 Å². The number of nitrogens with one attached hydrogen (secondary N) is 1. The van der Waals surface area contributed by atoms with E-state index in [2.05, 4.69) is 22.4 Å². The number of rotatable bonds is 8. The molecule has 0 aliphatic heterocycles. The van der Waals surface area contributed by atoms with Crippen molar-refractivity contribution >= 4 is 17.4 Å². The van der Waals surface area contributed by atoms with Crippen LogP contribution in [0.2, 0.25) is 0 Å². The fourth-order valence-electron chi connectivity index (χ4n) is 2.31. The molecule has 0 aliphatic rings. The summed E-state index contributed by atoms with van der Waals surface area (Å²) in [7, 11) is 0. The topological polar surface area (TPSA) is 78.4 Å². The number of carbonyl (C=O) groups is 1. The molecule has 6 nitrogen and oxygen atoms in total. The average molecular weight is 328 g/mol. The minimum atomic E-state index is -0.0730. The fraction of sp³-hybridized carbons (Fsp3) is 0.389. The van der Waals surface area contributed by atoms with Crippen LogP contribution in [0.1, 0.15) is 35.8 Å². The second kappa shape index (κ2) is 8.98. The zero-order chi connectivity index (χ0) is 17.4. The van der Waals surface area contributed by atoms with Gasteiger partial charge < -0.3 is 15.3 Å². The van der Waals surface area contributed by atoms with Crippen LogP contribution in [0.3, 0.4) is 0 Å². The molecule has 0 atom stereocenters. The summed E-state index contributed by atoms with van der Waals surface area (Å²) in [5.74, 6) is 0.555. The number of benzene rings is 1. The van der Waals surface area contributed by atoms with Crippen LogP contribution >= 0.6 is 0 Å². The first-order valence-electron chi connectivity index (χ1n) is 8.21. The Morgan fingerprint density at radius 3 is 2.71 bits per heavy atom. The Bertz CT molecular complexity index is 658. The van der Waals surface area contributed by atoms with E-state index in [9.17, 15) is 9.90 Å². The molecule has 2 rings (SSSR count). The standard InChI is InChI=1S/C18H24N4O2/c1-3-4-10-22(11-12-23)18(24)15-6-5-7-16(13-15)19-17-9-8-14(2)20-21-17/h5-9,13,23H,3-4,10-12H2,1-2H3,(H,19,21). The minimum absolute atomic E-state index is 0.0354. The van der Waals surface area contributed by atoms with Gasteiger partial charge in [0.25, 0.3) is 5.91 Å². The maximum absolute atomic E-state index is 12.6. The summed E-state index contributed by atoms with van der Waals surface area (Å²) in [6.45, 7) is 4.92. The van der Waals surface area contributed by atoms with Crippen LogP contribution in [-0.2, 0) is 0 Å². The van der Waals surface area contributed by atoms with E-state index in [1.807, 2.05) is 31.2 Å². The maximum atomic E-state index is 12.6. The highest BCUT2D eigenvalue weighted by Crippen LogP contribution is 2.17. The zero-order valence-corrected chi connectivity index (χ0v) is 14.2. The molecule has 1 heterocycles. The number of unbranched alkanes of at least 4 members (excludes halogenated alkanes) is 1. The van der Waals surface area contributed by atoms with Crippen molar-refractivity contribution in [3.8, 4) is 0 Å². The van der Waals surface area contributed by atoms with Crippen molar-refractivity contribution in [3.63, 3.8) is 0 Å². The highest BCUT2D eigenvalue weighted by molar-refractivity contribution is 5.95. The van der Waals surface area contributed by atoms with Gasteiger partial charge in [-0.05, 0) is 43.7 Å². The minimum Gasteiger partial charge on any atom is -0.395 e. The van der Waals surface area contributed by atoms with E-state index in [-0.39, 0.29) is 12.5 Å². The number of hydrogen-bond acceptors (Lipinski definition) is 5. The van der Waals surface area contributed by atoms with Gasteiger partial charge in [-0.3, -0.25) is 4.79 Å². The van der Waals surface area contributed by atoms with E-state index in [1.54, 1.807) is 17.0 Å². The third-order valence-electron chi connectivity index (χ3n) is 3.62. The number of carbonyl (C=O) groups excluding carboxylic acids is 1. The predicted molar refractivity (Wildman–Crippen MR) is 94.4 cm³/mol. The molecule has 0 bridgehead atoms. The first-order chi connectivity index (χ1) is 11.6. The van der Waals surface area contributed by atoms with Crippen molar-refractivity contribution in [2.24, 2.45) is 0 Å². The van der Waals surface area contributed by atoms with Gasteiger partial charge >= 0.3 is 0 Å². The van der Waals surface area contributed by atoms with E-state index in [1.165, 1.54) is 0 Å². The highest BCUT2D eigenvalue weighted by Gasteiger charge is 2.15. The number of aliphatic hydroxyl groups is 1. The van der Waals surface area contributed by atoms with E-state index < -0.39 is 0 Å². The van der Waals surface area contributed by atoms with Crippen LogP contribution in [0.15, 0.2) is 36.4 Å². The van der Waals surface area contributed by atoms with Gasteiger partial charge in [-0.25, -0.2) is 0 Å². The van der Waals surface area contributed by atoms with Gasteiger partial charge in [-0.2, -0.15) is 5.10 Å². The summed E-state index contributed by atoms with van der Waals surface area (Å²) in [4.78, 5) is 14.3. The Morgan fingerprint density at radius 1 is 1.21 bits per heavy atom. The second-order valence-corrected chi connectivity index (χ2v) is 5.64. The van der Waals surface area contributed by atoms with Crippen LogP contribution in [-0.4, -0.2) is 45.8 Å². The van der Waals surface area contributed by atoms with Crippen molar-refractivity contribution in [1.29, 1.82) is 0 Å². The SMILES string of the molecule is CCCCN(CCO)C(=O)c1cccc(Nc2ccc(C)nn2)c1. The molecular formula is C18H24N4O2. The first kappa shape index (κ1) is 17.9. The summed E-state index contributed by atoms with van der Waals surface area (Å²) in [6, 6.07) is 11.0. The van der Waals surface area contributed by atoms with E-state index in [4.69, 9.17) is 0 Å². The smallest absolute Gasteiger partial charge is 0.254 e. The van der Waals surface area contributed by atoms with Crippen LogP contribution in [0.5, 0.6) is 0 Å². The van der Waals surface area contributed by atoms with Gasteiger partial charge in [-0.15, -0.1) is 5.10 Å². The Hall–Kier alpha value is -2.47. The lowest BCUT2D eigenvalue weighted by Gasteiger charge is -2.22. The third kappa shape index (κ3) is 5.03. The largest absolute Gasteiger partial charge is 0.395 e. The molecule has 128 valence electrons. The summed E-state index contributed by atoms with van der Waals surface area (Å²) in [5, 5.41) is 20.4. The van der Waals surface area contributed by atoms with E-state index in [0.29, 0.717) is 24.5 Å². The first-order valence-corrected chi connectivity index (χ1v) is 8.21. The summed E-state index contributed by atoms with van der Waals surface area (Å²) in [6.07, 6.45) is 1.92. The molecule has 0 unspecified atom stereocenters. The predicted octanol–water partition coefficient (Wildman–Crippen LogP) is 2.76. The number of aryl methyl sites for hydroxylation is 1. The summed E-state index contributed by atoms with van der Waals surface area (Å²) >= 11 is 0. The molecule has 1 amide bonds. The van der Waals surface area contributed by atoms with Crippen LogP contribution in [0.4, 0.5) is 11.5 Å². The molecule has 0 saturated heterocycles. The number of hydrogen-bond donors (Lipinski definition) is 2. The van der Waals surface area contributed by atoms with Crippen molar-refractivity contribution in [2.75, 3.05) is 25.0 Å². The van der Waals surface area contributed by atoms with Gasteiger partial charge in [0.2, 0.25) is 0 Å². The summed E-state index contributed by atoms with van der Waals surface area (Å²) in [5.41, 5.74) is 2.21. The molecule has 1 aromatic heterocycles. The molecule has 1 aromatic carbocycles. The number of aliphatic hydroxyl groups excluding tert-OH is 1. The Kier molecular flexibility index (Phi) is 6.69. The van der Waals surface area contributed by atoms with Gasteiger partial charge in [0.1, 0.15) is 0 Å². The Labute approximate surface area is 142 Å². The van der Waals surface area contributed by atoms with Gasteiger partial charge in [-0.1, -0.05) is 19.4 Å². The molecular weight excluding hydrogens is 304 g/mol. The summed E-state index contributed by atoms with van der Waals surface area (Å²) < 4.78 is 0. The third-order valence-corrected chi connectivity index (χ3v) is 3.62. The van der Waals surface area contributed by atoms with Gasteiger partial charge in [0, 0.05) is 24.3 Å². The maximum Gasteiger partial charge on any atom is 0.254 e. The lowest BCUT2D eigenvalue weighted by Crippen LogP contribution is -2.34. The molecule has 2 N–H and O–H groups in total. The van der Waals surface area contributed by atoms with Gasteiger partial charge in [0.15, 0.2) is 5.82 Å². The molecule has 0 fully saturated rings. The molecule has 6 heteroatoms. The Balaban J connectivity index is 2.12. The van der Waals surface area contributed by atoms with Crippen LogP contribution in [0.25, 0.3) is 0 Å². The second-order valence-electron chi connectivity index (χ2n) is 5.64. The monoisotopic (exact) mass is 328 g/mol. The molecule has 0 aliphatic carbocycles. The molecule has 0 radical (unpaired) electrons. The lowest BCUT2D eigenvalue weighted by molar-refractivity contribution is 0.0719. The molecule has 2 aromatic rings. The molecule has 0 spiro atoms. The molecule has 0 saturated carbocycles. The zero-order valence-electron chi connectivity index (χ0n) is 14.2. The van der Waals surface area contributed by atoms with Crippen molar-refractivity contribution < 1.29 is 9.90 Å². The number of nitrogens with zero attached hydrogens (tertiary/aromatic N) is 3. The quantitative estimate of drug-likeness (QED) is 0.779. The number of anilines is 2. The van der Waals surface area contributed by atoms with Crippen molar-refractivity contribution in [2.45, 2.75) is 26.7 Å². The molecule has 24 heavy (non-hydrogen) atoms. The average Bonchev–Trinajstić information content (AvgIpc) is 2.60. The fourth-order valence-corrected chi connectivity index (χ4v) is 2.31.